The van der Waals surface area contributed by atoms with Crippen molar-refractivity contribution in [2.24, 2.45) is 5.41 Å². The lowest BCUT2D eigenvalue weighted by Gasteiger charge is -2.44. The number of piperidine rings is 1. The summed E-state index contributed by atoms with van der Waals surface area (Å²) in [5.41, 5.74) is 6.16. The van der Waals surface area contributed by atoms with Crippen LogP contribution in [0.25, 0.3) is 16.6 Å². The SMILES string of the molecule is CC(C)(C)[S+]([O-])N[C@@H]1c2ccccc2CC12CCN(c1nc3c(c(C4=CCCc5nc(Cl)ccc54)nn3C3CCCCO3)c(=O)[nH]1)CC2. The number of rotatable bonds is 5. The van der Waals surface area contributed by atoms with Gasteiger partial charge in [-0.3, -0.25) is 9.78 Å². The summed E-state index contributed by atoms with van der Waals surface area (Å²) in [6, 6.07) is 12.3. The van der Waals surface area contributed by atoms with Crippen molar-refractivity contribution < 1.29 is 9.29 Å². The first-order valence-corrected chi connectivity index (χ1v) is 18.7. The van der Waals surface area contributed by atoms with E-state index in [1.807, 2.05) is 31.5 Å². The van der Waals surface area contributed by atoms with Crippen molar-refractivity contribution in [3.63, 3.8) is 0 Å². The average molecular weight is 688 g/mol. The summed E-state index contributed by atoms with van der Waals surface area (Å²) in [6.45, 7) is 8.11. The van der Waals surface area contributed by atoms with E-state index in [2.05, 4.69) is 49.9 Å². The number of allylic oxidation sites excluding steroid dienone is 1. The first-order chi connectivity index (χ1) is 23.1. The van der Waals surface area contributed by atoms with Gasteiger partial charge >= 0.3 is 0 Å². The number of ether oxygens (including phenoxy) is 1. The van der Waals surface area contributed by atoms with E-state index in [0.29, 0.717) is 47.5 Å². The normalized spacial score (nSPS) is 22.9. The van der Waals surface area contributed by atoms with Crippen molar-refractivity contribution >= 4 is 45.5 Å². The van der Waals surface area contributed by atoms with E-state index in [1.54, 1.807) is 6.07 Å². The summed E-state index contributed by atoms with van der Waals surface area (Å²) in [4.78, 5) is 29.2. The number of fused-ring (bicyclic) bond motifs is 3. The molecule has 2 N–H and O–H groups in total. The average Bonchev–Trinajstić information content (AvgIpc) is 3.61. The topological polar surface area (TPSA) is 124 Å². The molecule has 3 atom stereocenters. The summed E-state index contributed by atoms with van der Waals surface area (Å²) in [5.74, 6) is 0.552. The second-order valence-electron chi connectivity index (χ2n) is 14.6. The molecule has 2 aliphatic carbocycles. The molecule has 12 heteroatoms. The number of aryl methyl sites for hydroxylation is 1. The number of pyridine rings is 1. The van der Waals surface area contributed by atoms with E-state index < -0.39 is 11.4 Å². The Hall–Kier alpha value is -3.22. The highest BCUT2D eigenvalue weighted by molar-refractivity contribution is 7.90. The third kappa shape index (κ3) is 5.57. The van der Waals surface area contributed by atoms with Gasteiger partial charge in [-0.1, -0.05) is 41.9 Å². The van der Waals surface area contributed by atoms with Crippen molar-refractivity contribution in [3.05, 3.63) is 86.1 Å². The number of hydrogen-bond acceptors (Lipinski definition) is 8. The number of nitrogens with one attached hydrogen (secondary N) is 2. The Balaban J connectivity index is 1.14. The molecular formula is C36H42ClN7O3S. The van der Waals surface area contributed by atoms with Crippen LogP contribution in [0.5, 0.6) is 0 Å². The Kier molecular flexibility index (Phi) is 8.19. The molecule has 48 heavy (non-hydrogen) atoms. The molecule has 0 radical (unpaired) electrons. The number of halogens is 1. The standard InChI is InChI=1S/C36H42ClN7O3S/c1-35(2,3)48(46)42-31-23-10-5-4-9-22(23)21-36(31)16-18-43(19-17-36)34-39-32-29(33(45)40-34)30(41-44(32)28-13-6-7-20-47-28)25-11-8-12-26-24(25)14-15-27(37)38-26/h4-5,9-11,14-15,28,31,42H,6-8,12-13,16-21H2,1-3H3,(H,39,40,45)/t28?,31-,48?/m1/s1. The van der Waals surface area contributed by atoms with Crippen molar-refractivity contribution in [3.8, 4) is 0 Å². The van der Waals surface area contributed by atoms with Crippen LogP contribution in [0.15, 0.2) is 47.3 Å². The molecule has 5 heterocycles. The molecule has 4 aliphatic rings. The van der Waals surface area contributed by atoms with Crippen LogP contribution in [0.3, 0.4) is 0 Å². The van der Waals surface area contributed by atoms with E-state index in [9.17, 15) is 9.35 Å². The van der Waals surface area contributed by atoms with E-state index in [1.165, 1.54) is 11.1 Å². The van der Waals surface area contributed by atoms with Crippen molar-refractivity contribution in [2.45, 2.75) is 89.2 Å². The Labute approximate surface area is 288 Å². The Morgan fingerprint density at radius 1 is 1.12 bits per heavy atom. The van der Waals surface area contributed by atoms with Crippen LogP contribution < -0.4 is 15.2 Å². The van der Waals surface area contributed by atoms with Crippen LogP contribution in [0.1, 0.15) is 99.6 Å². The van der Waals surface area contributed by atoms with Crippen LogP contribution in [-0.4, -0.2) is 53.7 Å². The number of aromatic amines is 1. The third-order valence-electron chi connectivity index (χ3n) is 10.6. The quantitative estimate of drug-likeness (QED) is 0.188. The molecule has 0 saturated carbocycles. The molecule has 1 spiro atoms. The van der Waals surface area contributed by atoms with E-state index in [4.69, 9.17) is 26.4 Å². The molecule has 252 valence electrons. The lowest BCUT2D eigenvalue weighted by Crippen LogP contribution is -2.50. The van der Waals surface area contributed by atoms with Crippen LogP contribution in [0, 0.1) is 5.41 Å². The first kappa shape index (κ1) is 32.0. The van der Waals surface area contributed by atoms with E-state index >= 15 is 0 Å². The summed E-state index contributed by atoms with van der Waals surface area (Å²) in [6.07, 6.45) is 8.94. The predicted molar refractivity (Wildman–Crippen MR) is 189 cm³/mol. The van der Waals surface area contributed by atoms with Gasteiger partial charge in [0.05, 0.1) is 11.7 Å². The van der Waals surface area contributed by atoms with Crippen molar-refractivity contribution in [1.82, 2.24) is 29.5 Å². The summed E-state index contributed by atoms with van der Waals surface area (Å²) in [5, 5.41) is 5.99. The molecule has 8 rings (SSSR count). The van der Waals surface area contributed by atoms with Crippen LogP contribution in [0.4, 0.5) is 5.95 Å². The second kappa shape index (κ2) is 12.3. The van der Waals surface area contributed by atoms with Gasteiger partial charge in [0.1, 0.15) is 21.0 Å². The fraction of sp³-hybridized carbons (Fsp3) is 0.500. The summed E-state index contributed by atoms with van der Waals surface area (Å²) >= 11 is 5.04. The smallest absolute Gasteiger partial charge is 0.264 e. The Morgan fingerprint density at radius 2 is 1.94 bits per heavy atom. The molecule has 3 aromatic heterocycles. The molecule has 1 aromatic carbocycles. The summed E-state index contributed by atoms with van der Waals surface area (Å²) in [7, 11) is 0. The second-order valence-corrected chi connectivity index (χ2v) is 17.0. The van der Waals surface area contributed by atoms with Gasteiger partial charge in [-0.25, -0.2) is 9.67 Å². The highest BCUT2D eigenvalue weighted by atomic mass is 35.5. The fourth-order valence-electron chi connectivity index (χ4n) is 7.98. The maximum absolute atomic E-state index is 14.1. The van der Waals surface area contributed by atoms with E-state index in [-0.39, 0.29) is 28.0 Å². The zero-order valence-electron chi connectivity index (χ0n) is 27.7. The van der Waals surface area contributed by atoms with E-state index in [0.717, 1.165) is 68.2 Å². The zero-order chi connectivity index (χ0) is 33.2. The Bertz CT molecular complexity index is 1950. The minimum absolute atomic E-state index is 0.00569. The predicted octanol–water partition coefficient (Wildman–Crippen LogP) is 6.18. The Morgan fingerprint density at radius 3 is 2.71 bits per heavy atom. The molecule has 2 saturated heterocycles. The fourth-order valence-corrected chi connectivity index (χ4v) is 9.09. The van der Waals surface area contributed by atoms with Gasteiger partial charge in [0.25, 0.3) is 5.56 Å². The molecular weight excluding hydrogens is 646 g/mol. The lowest BCUT2D eigenvalue weighted by atomic mass is 9.73. The molecule has 2 fully saturated rings. The number of benzene rings is 1. The maximum Gasteiger partial charge on any atom is 0.264 e. The molecule has 2 aliphatic heterocycles. The lowest BCUT2D eigenvalue weighted by molar-refractivity contribution is -0.0370. The van der Waals surface area contributed by atoms with Gasteiger partial charge < -0.3 is 14.2 Å². The zero-order valence-corrected chi connectivity index (χ0v) is 29.3. The molecule has 10 nitrogen and oxygen atoms in total. The molecule has 0 amide bonds. The number of nitrogens with zero attached hydrogens (tertiary/aromatic N) is 5. The molecule has 0 bridgehead atoms. The highest BCUT2D eigenvalue weighted by Crippen LogP contribution is 2.53. The number of hydrogen-bond donors (Lipinski definition) is 2. The molecule has 2 unspecified atom stereocenters. The largest absolute Gasteiger partial charge is 0.598 e. The number of H-pyrrole nitrogens is 1. The maximum atomic E-state index is 14.1. The third-order valence-corrected chi connectivity index (χ3v) is 12.3. The van der Waals surface area contributed by atoms with Gasteiger partial charge in [-0.05, 0) is 95.4 Å². The van der Waals surface area contributed by atoms with Gasteiger partial charge in [-0.15, -0.1) is 4.72 Å². The van der Waals surface area contributed by atoms with Crippen LogP contribution in [0.2, 0.25) is 5.15 Å². The molecule has 4 aromatic rings. The summed E-state index contributed by atoms with van der Waals surface area (Å²) < 4.78 is 24.6. The van der Waals surface area contributed by atoms with Crippen molar-refractivity contribution in [1.29, 1.82) is 0 Å². The highest BCUT2D eigenvalue weighted by Gasteiger charge is 2.50. The van der Waals surface area contributed by atoms with Gasteiger partial charge in [0.15, 0.2) is 11.9 Å². The number of anilines is 1. The van der Waals surface area contributed by atoms with Gasteiger partial charge in [0, 0.05) is 47.6 Å². The van der Waals surface area contributed by atoms with Crippen molar-refractivity contribution in [2.75, 3.05) is 24.6 Å². The number of aromatic nitrogens is 5. The van der Waals surface area contributed by atoms with Gasteiger partial charge in [-0.2, -0.15) is 10.1 Å². The minimum Gasteiger partial charge on any atom is -0.598 e. The minimum atomic E-state index is -1.21. The first-order valence-electron chi connectivity index (χ1n) is 17.1. The van der Waals surface area contributed by atoms with Crippen LogP contribution >= 0.6 is 11.6 Å². The van der Waals surface area contributed by atoms with Gasteiger partial charge in [0.2, 0.25) is 5.95 Å². The monoisotopic (exact) mass is 687 g/mol. The van der Waals surface area contributed by atoms with Crippen LogP contribution in [-0.2, 0) is 28.9 Å².